The van der Waals surface area contributed by atoms with Gasteiger partial charge < -0.3 is 10.0 Å². The third kappa shape index (κ3) is 2.86. The Morgan fingerprint density at radius 3 is 2.84 bits per heavy atom. The summed E-state index contributed by atoms with van der Waals surface area (Å²) in [5, 5.41) is 17.0. The molecule has 102 valence electrons. The maximum atomic E-state index is 12.5. The lowest BCUT2D eigenvalue weighted by Gasteiger charge is -2.32. The van der Waals surface area contributed by atoms with Gasteiger partial charge in [-0.15, -0.1) is 0 Å². The minimum atomic E-state index is -0.961. The van der Waals surface area contributed by atoms with E-state index in [-0.39, 0.29) is 5.91 Å². The van der Waals surface area contributed by atoms with E-state index in [0.29, 0.717) is 29.2 Å². The van der Waals surface area contributed by atoms with Gasteiger partial charge in [0.15, 0.2) is 0 Å². The summed E-state index contributed by atoms with van der Waals surface area (Å²) < 4.78 is 0. The summed E-state index contributed by atoms with van der Waals surface area (Å²) in [4.78, 5) is 25.1. The number of thioether (sulfide) groups is 1. The predicted octanol–water partition coefficient (Wildman–Crippen LogP) is 0.736. The fourth-order valence-corrected chi connectivity index (χ4v) is 3.01. The second-order valence-corrected chi connectivity index (χ2v) is 5.56. The Bertz CT molecular complexity index is 521. The predicted molar refractivity (Wildman–Crippen MR) is 71.3 cm³/mol. The Labute approximate surface area is 115 Å². The average molecular weight is 281 g/mol. The Morgan fingerprint density at radius 2 is 2.16 bits per heavy atom. The molecule has 1 N–H and O–H groups in total. The number of hydrogen-bond acceptors (Lipinski definition) is 5. The largest absolute Gasteiger partial charge is 0.480 e. The third-order valence-electron chi connectivity index (χ3n) is 3.01. The minimum absolute atomic E-state index is 0.275. The van der Waals surface area contributed by atoms with Gasteiger partial charge in [-0.3, -0.25) is 4.79 Å². The third-order valence-corrected chi connectivity index (χ3v) is 4.03. The van der Waals surface area contributed by atoms with Gasteiger partial charge in [0.2, 0.25) is 0 Å². The highest BCUT2D eigenvalue weighted by molar-refractivity contribution is 7.99. The highest BCUT2D eigenvalue weighted by Crippen LogP contribution is 2.20. The smallest absolute Gasteiger partial charge is 0.327 e. The van der Waals surface area contributed by atoms with Crippen LogP contribution >= 0.6 is 11.8 Å². The lowest BCUT2D eigenvalue weighted by molar-refractivity contribution is -0.141. The van der Waals surface area contributed by atoms with Crippen LogP contribution in [-0.2, 0) is 4.79 Å². The normalized spacial score (nSPS) is 19.3. The summed E-state index contributed by atoms with van der Waals surface area (Å²) >= 11 is 1.55. The van der Waals surface area contributed by atoms with E-state index in [2.05, 4.69) is 10.2 Å². The Morgan fingerprint density at radius 1 is 1.42 bits per heavy atom. The van der Waals surface area contributed by atoms with E-state index in [1.807, 2.05) is 0 Å². The van der Waals surface area contributed by atoms with Crippen LogP contribution in [0.3, 0.4) is 0 Å². The molecule has 0 spiro atoms. The Kier molecular flexibility index (Phi) is 4.04. The molecule has 1 fully saturated rings. The second-order valence-electron chi connectivity index (χ2n) is 4.41. The van der Waals surface area contributed by atoms with Gasteiger partial charge in [-0.05, 0) is 19.9 Å². The molecule has 0 aromatic carbocycles. The van der Waals surface area contributed by atoms with Crippen molar-refractivity contribution in [1.29, 1.82) is 0 Å². The Balaban J connectivity index is 2.31. The van der Waals surface area contributed by atoms with Gasteiger partial charge in [-0.2, -0.15) is 22.0 Å². The molecule has 1 saturated heterocycles. The van der Waals surface area contributed by atoms with Crippen LogP contribution in [0.2, 0.25) is 0 Å². The van der Waals surface area contributed by atoms with E-state index in [0.717, 1.165) is 5.75 Å². The highest BCUT2D eigenvalue weighted by Gasteiger charge is 2.33. The topological polar surface area (TPSA) is 83.4 Å². The first-order valence-corrected chi connectivity index (χ1v) is 7.08. The fraction of sp³-hybridized carbons (Fsp3) is 0.500. The van der Waals surface area contributed by atoms with E-state index in [1.54, 1.807) is 31.7 Å². The van der Waals surface area contributed by atoms with Crippen LogP contribution in [0.25, 0.3) is 0 Å². The molecule has 2 rings (SSSR count). The van der Waals surface area contributed by atoms with Gasteiger partial charge in [-0.1, -0.05) is 0 Å². The number of hydrogen-bond donors (Lipinski definition) is 1. The van der Waals surface area contributed by atoms with Crippen molar-refractivity contribution in [2.24, 2.45) is 0 Å². The first kappa shape index (κ1) is 13.8. The molecule has 1 aliphatic rings. The number of carboxylic acid groups (broad SMARTS) is 1. The van der Waals surface area contributed by atoms with Crippen LogP contribution in [0.4, 0.5) is 0 Å². The van der Waals surface area contributed by atoms with Gasteiger partial charge >= 0.3 is 5.97 Å². The van der Waals surface area contributed by atoms with Crippen LogP contribution in [0, 0.1) is 13.8 Å². The molecule has 1 unspecified atom stereocenters. The van der Waals surface area contributed by atoms with Gasteiger partial charge in [-0.25, -0.2) is 4.79 Å². The number of carboxylic acids is 1. The molecule has 0 radical (unpaired) electrons. The minimum Gasteiger partial charge on any atom is -0.480 e. The van der Waals surface area contributed by atoms with Gasteiger partial charge in [0.1, 0.15) is 6.04 Å². The van der Waals surface area contributed by atoms with Gasteiger partial charge in [0, 0.05) is 18.1 Å². The van der Waals surface area contributed by atoms with Crippen molar-refractivity contribution in [2.45, 2.75) is 19.9 Å². The number of amides is 1. The van der Waals surface area contributed by atoms with Crippen molar-refractivity contribution >= 4 is 23.6 Å². The SMILES string of the molecule is Cc1cc(C(=O)N2CCSCC2C(=O)O)c(C)nn1. The Hall–Kier alpha value is -1.63. The number of nitrogens with zero attached hydrogens (tertiary/aromatic N) is 3. The van der Waals surface area contributed by atoms with Crippen molar-refractivity contribution in [1.82, 2.24) is 15.1 Å². The van der Waals surface area contributed by atoms with E-state index < -0.39 is 12.0 Å². The van der Waals surface area contributed by atoms with Crippen LogP contribution in [0.1, 0.15) is 21.7 Å². The zero-order valence-electron chi connectivity index (χ0n) is 10.8. The monoisotopic (exact) mass is 281 g/mol. The van der Waals surface area contributed by atoms with E-state index in [9.17, 15) is 14.7 Å². The first-order valence-electron chi connectivity index (χ1n) is 5.93. The van der Waals surface area contributed by atoms with Crippen molar-refractivity contribution < 1.29 is 14.7 Å². The van der Waals surface area contributed by atoms with E-state index >= 15 is 0 Å². The quantitative estimate of drug-likeness (QED) is 0.860. The lowest BCUT2D eigenvalue weighted by Crippen LogP contribution is -2.50. The van der Waals surface area contributed by atoms with Crippen molar-refractivity contribution in [3.63, 3.8) is 0 Å². The molecule has 1 aromatic rings. The summed E-state index contributed by atoms with van der Waals surface area (Å²) in [5.41, 5.74) is 1.61. The molecule has 1 aliphatic heterocycles. The molecule has 19 heavy (non-hydrogen) atoms. The van der Waals surface area contributed by atoms with E-state index in [1.165, 1.54) is 4.90 Å². The van der Waals surface area contributed by atoms with Gasteiger partial charge in [0.05, 0.1) is 17.0 Å². The molecule has 0 aliphatic carbocycles. The van der Waals surface area contributed by atoms with Crippen LogP contribution < -0.4 is 0 Å². The molecule has 1 aromatic heterocycles. The number of carbonyl (C=O) groups excluding carboxylic acids is 1. The number of aliphatic carboxylic acids is 1. The second kappa shape index (κ2) is 5.56. The molecule has 7 heteroatoms. The molecular formula is C12H15N3O3S. The molecule has 0 bridgehead atoms. The number of rotatable bonds is 2. The summed E-state index contributed by atoms with van der Waals surface area (Å²) in [6.07, 6.45) is 0. The van der Waals surface area contributed by atoms with Crippen molar-refractivity contribution in [2.75, 3.05) is 18.1 Å². The maximum Gasteiger partial charge on any atom is 0.327 e. The number of aromatic nitrogens is 2. The molecule has 2 heterocycles. The summed E-state index contributed by atoms with van der Waals surface area (Å²) in [6.45, 7) is 3.90. The maximum absolute atomic E-state index is 12.5. The summed E-state index contributed by atoms with van der Waals surface area (Å²) in [6, 6.07) is 0.893. The van der Waals surface area contributed by atoms with Gasteiger partial charge in [0.25, 0.3) is 5.91 Å². The van der Waals surface area contributed by atoms with E-state index in [4.69, 9.17) is 0 Å². The number of aryl methyl sites for hydroxylation is 2. The zero-order valence-corrected chi connectivity index (χ0v) is 11.6. The lowest BCUT2D eigenvalue weighted by atomic mass is 10.1. The molecule has 1 atom stereocenters. The molecule has 0 saturated carbocycles. The summed E-state index contributed by atoms with van der Waals surface area (Å²) in [5.74, 6) is -0.0518. The highest BCUT2D eigenvalue weighted by atomic mass is 32.2. The van der Waals surface area contributed by atoms with Crippen LogP contribution in [-0.4, -0.2) is 56.2 Å². The first-order chi connectivity index (χ1) is 9.00. The van der Waals surface area contributed by atoms with Crippen molar-refractivity contribution in [3.05, 3.63) is 23.0 Å². The molecular weight excluding hydrogens is 266 g/mol. The number of carbonyl (C=O) groups is 2. The fourth-order valence-electron chi connectivity index (χ4n) is 1.97. The average Bonchev–Trinajstić information content (AvgIpc) is 2.40. The van der Waals surface area contributed by atoms with Crippen LogP contribution in [0.15, 0.2) is 6.07 Å². The zero-order chi connectivity index (χ0) is 14.0. The van der Waals surface area contributed by atoms with Crippen LogP contribution in [0.5, 0.6) is 0 Å². The standard InChI is InChI=1S/C12H15N3O3S/c1-7-5-9(8(2)14-13-7)11(16)15-3-4-19-6-10(15)12(17)18/h5,10H,3-4,6H2,1-2H3,(H,17,18). The molecule has 1 amide bonds. The summed E-state index contributed by atoms with van der Waals surface area (Å²) in [7, 11) is 0. The van der Waals surface area contributed by atoms with Crippen molar-refractivity contribution in [3.8, 4) is 0 Å². The molecule has 6 nitrogen and oxygen atoms in total.